The minimum Gasteiger partial charge on any atom is -0.393 e. The summed E-state index contributed by atoms with van der Waals surface area (Å²) in [5.41, 5.74) is 0. The summed E-state index contributed by atoms with van der Waals surface area (Å²) >= 11 is 0. The molecule has 0 amide bonds. The van der Waals surface area contributed by atoms with E-state index in [1.54, 1.807) is 6.92 Å². The molecule has 0 aliphatic carbocycles. The van der Waals surface area contributed by atoms with E-state index in [-0.39, 0.29) is 12.2 Å². The fourth-order valence-electron chi connectivity index (χ4n) is 0.845. The third kappa shape index (κ3) is 7.56. The van der Waals surface area contributed by atoms with Gasteiger partial charge in [0.1, 0.15) is 0 Å². The van der Waals surface area contributed by atoms with Gasteiger partial charge in [-0.05, 0) is 33.1 Å². The minimum atomic E-state index is -0.296. The lowest BCUT2D eigenvalue weighted by molar-refractivity contribution is 0.124. The molecule has 0 saturated heterocycles. The quantitative estimate of drug-likeness (QED) is 0.595. The molecule has 66 valence electrons. The van der Waals surface area contributed by atoms with E-state index in [4.69, 9.17) is 5.11 Å². The summed E-state index contributed by atoms with van der Waals surface area (Å²) in [6.45, 7) is 3.67. The molecule has 2 nitrogen and oxygen atoms in total. The lowest BCUT2D eigenvalue weighted by atomic mass is 10.1. The van der Waals surface area contributed by atoms with E-state index < -0.39 is 0 Å². The van der Waals surface area contributed by atoms with E-state index in [0.29, 0.717) is 19.3 Å². The van der Waals surface area contributed by atoms with Crippen molar-refractivity contribution in [1.29, 1.82) is 0 Å². The van der Waals surface area contributed by atoms with Crippen LogP contribution in [-0.4, -0.2) is 22.4 Å². The maximum Gasteiger partial charge on any atom is 0.0575 e. The van der Waals surface area contributed by atoms with Gasteiger partial charge in [0.15, 0.2) is 0 Å². The lowest BCUT2D eigenvalue weighted by Crippen LogP contribution is -2.09. The lowest BCUT2D eigenvalue weighted by Gasteiger charge is -2.08. The Morgan fingerprint density at radius 2 is 1.91 bits per heavy atom. The SMILES string of the molecule is CC=CCC(O)CCC(C)O. The molecule has 0 aromatic heterocycles. The number of rotatable bonds is 5. The summed E-state index contributed by atoms with van der Waals surface area (Å²) in [5.74, 6) is 0. The number of allylic oxidation sites excluding steroid dienone is 1. The number of hydrogen-bond acceptors (Lipinski definition) is 2. The van der Waals surface area contributed by atoms with Crippen molar-refractivity contribution in [2.45, 2.75) is 45.3 Å². The Labute approximate surface area is 68.6 Å². The zero-order valence-corrected chi connectivity index (χ0v) is 7.33. The van der Waals surface area contributed by atoms with Gasteiger partial charge in [0.05, 0.1) is 12.2 Å². The largest absolute Gasteiger partial charge is 0.393 e. The molecule has 2 N–H and O–H groups in total. The molecule has 11 heavy (non-hydrogen) atoms. The van der Waals surface area contributed by atoms with Crippen molar-refractivity contribution in [3.63, 3.8) is 0 Å². The van der Waals surface area contributed by atoms with Crippen LogP contribution in [0.2, 0.25) is 0 Å². The number of aliphatic hydroxyl groups excluding tert-OH is 2. The highest BCUT2D eigenvalue weighted by Gasteiger charge is 2.03. The molecule has 0 aliphatic rings. The van der Waals surface area contributed by atoms with E-state index in [1.165, 1.54) is 0 Å². The van der Waals surface area contributed by atoms with Crippen molar-refractivity contribution < 1.29 is 10.2 Å². The van der Waals surface area contributed by atoms with Crippen LogP contribution in [-0.2, 0) is 0 Å². The molecule has 2 unspecified atom stereocenters. The molecule has 0 spiro atoms. The Hall–Kier alpha value is -0.340. The van der Waals surface area contributed by atoms with Crippen molar-refractivity contribution >= 4 is 0 Å². The zero-order valence-electron chi connectivity index (χ0n) is 7.33. The minimum absolute atomic E-state index is 0.291. The molecule has 2 atom stereocenters. The molecule has 0 saturated carbocycles. The molecule has 0 bridgehead atoms. The van der Waals surface area contributed by atoms with Gasteiger partial charge in [0, 0.05) is 0 Å². The van der Waals surface area contributed by atoms with Crippen LogP contribution in [0.3, 0.4) is 0 Å². The maximum atomic E-state index is 9.27. The Morgan fingerprint density at radius 1 is 1.27 bits per heavy atom. The van der Waals surface area contributed by atoms with Gasteiger partial charge in [-0.25, -0.2) is 0 Å². The van der Waals surface area contributed by atoms with E-state index >= 15 is 0 Å². The van der Waals surface area contributed by atoms with Gasteiger partial charge >= 0.3 is 0 Å². The van der Waals surface area contributed by atoms with Crippen molar-refractivity contribution in [2.75, 3.05) is 0 Å². The highest BCUT2D eigenvalue weighted by atomic mass is 16.3. The normalized spacial score (nSPS) is 17.1. The first-order chi connectivity index (χ1) is 5.16. The maximum absolute atomic E-state index is 9.27. The van der Waals surface area contributed by atoms with Gasteiger partial charge in [0.2, 0.25) is 0 Å². The monoisotopic (exact) mass is 158 g/mol. The molecule has 2 heteroatoms. The molecule has 0 heterocycles. The van der Waals surface area contributed by atoms with Crippen molar-refractivity contribution in [2.24, 2.45) is 0 Å². The smallest absolute Gasteiger partial charge is 0.0575 e. The van der Waals surface area contributed by atoms with E-state index in [2.05, 4.69) is 0 Å². The summed E-state index contributed by atoms with van der Waals surface area (Å²) in [5, 5.41) is 18.2. The van der Waals surface area contributed by atoms with E-state index in [9.17, 15) is 5.11 Å². The molecule has 0 aliphatic heterocycles. The summed E-state index contributed by atoms with van der Waals surface area (Å²) < 4.78 is 0. The number of hydrogen-bond donors (Lipinski definition) is 2. The summed E-state index contributed by atoms with van der Waals surface area (Å²) in [6, 6.07) is 0. The Bertz CT molecular complexity index is 108. The van der Waals surface area contributed by atoms with Gasteiger partial charge < -0.3 is 10.2 Å². The van der Waals surface area contributed by atoms with Gasteiger partial charge in [-0.3, -0.25) is 0 Å². The third-order valence-electron chi connectivity index (χ3n) is 1.56. The van der Waals surface area contributed by atoms with Crippen molar-refractivity contribution in [3.05, 3.63) is 12.2 Å². The third-order valence-corrected chi connectivity index (χ3v) is 1.56. The summed E-state index contributed by atoms with van der Waals surface area (Å²) in [4.78, 5) is 0. The van der Waals surface area contributed by atoms with Crippen molar-refractivity contribution in [1.82, 2.24) is 0 Å². The predicted octanol–water partition coefficient (Wildman–Crippen LogP) is 1.47. The number of aliphatic hydroxyl groups is 2. The Kier molecular flexibility index (Phi) is 6.18. The van der Waals surface area contributed by atoms with Crippen LogP contribution in [0, 0.1) is 0 Å². The zero-order chi connectivity index (χ0) is 8.69. The van der Waals surface area contributed by atoms with Gasteiger partial charge in [-0.2, -0.15) is 0 Å². The van der Waals surface area contributed by atoms with Crippen LogP contribution in [0.4, 0.5) is 0 Å². The van der Waals surface area contributed by atoms with Gasteiger partial charge in [-0.1, -0.05) is 12.2 Å². The molecular formula is C9H18O2. The fourth-order valence-corrected chi connectivity index (χ4v) is 0.845. The highest BCUT2D eigenvalue weighted by molar-refractivity contribution is 4.80. The topological polar surface area (TPSA) is 40.5 Å². The molecule has 0 rings (SSSR count). The molecule has 0 aromatic carbocycles. The standard InChI is InChI=1S/C9H18O2/c1-3-4-5-9(11)7-6-8(2)10/h3-4,8-11H,5-7H2,1-2H3. The average Bonchev–Trinajstić information content (AvgIpc) is 1.97. The molecule has 0 radical (unpaired) electrons. The van der Waals surface area contributed by atoms with Crippen LogP contribution in [0.25, 0.3) is 0 Å². The van der Waals surface area contributed by atoms with Crippen LogP contribution < -0.4 is 0 Å². The Balaban J connectivity index is 3.29. The first-order valence-corrected chi connectivity index (χ1v) is 4.14. The fraction of sp³-hybridized carbons (Fsp3) is 0.778. The van der Waals surface area contributed by atoms with Crippen LogP contribution in [0.5, 0.6) is 0 Å². The van der Waals surface area contributed by atoms with Crippen molar-refractivity contribution in [3.8, 4) is 0 Å². The second kappa shape index (κ2) is 6.38. The second-order valence-electron chi connectivity index (χ2n) is 2.88. The van der Waals surface area contributed by atoms with E-state index in [0.717, 1.165) is 0 Å². The van der Waals surface area contributed by atoms with Crippen LogP contribution in [0.15, 0.2) is 12.2 Å². The van der Waals surface area contributed by atoms with Crippen LogP contribution >= 0.6 is 0 Å². The van der Waals surface area contributed by atoms with Gasteiger partial charge in [-0.15, -0.1) is 0 Å². The predicted molar refractivity (Wildman–Crippen MR) is 46.4 cm³/mol. The Morgan fingerprint density at radius 3 is 2.36 bits per heavy atom. The molecular weight excluding hydrogens is 140 g/mol. The average molecular weight is 158 g/mol. The second-order valence-corrected chi connectivity index (χ2v) is 2.88. The van der Waals surface area contributed by atoms with Gasteiger partial charge in [0.25, 0.3) is 0 Å². The first kappa shape index (κ1) is 10.7. The molecule has 0 fully saturated rings. The first-order valence-electron chi connectivity index (χ1n) is 4.14. The highest BCUT2D eigenvalue weighted by Crippen LogP contribution is 2.04. The molecule has 0 aromatic rings. The van der Waals surface area contributed by atoms with Crippen LogP contribution in [0.1, 0.15) is 33.1 Å². The van der Waals surface area contributed by atoms with E-state index in [1.807, 2.05) is 19.1 Å². The summed E-state index contributed by atoms with van der Waals surface area (Å²) in [7, 11) is 0. The summed E-state index contributed by atoms with van der Waals surface area (Å²) in [6.07, 6.45) is 5.33.